The third kappa shape index (κ3) is 2.99. The summed E-state index contributed by atoms with van der Waals surface area (Å²) >= 11 is 0. The maximum atomic E-state index is 11.7. The summed E-state index contributed by atoms with van der Waals surface area (Å²) in [5, 5.41) is 2.90. The van der Waals surface area contributed by atoms with E-state index < -0.39 is 0 Å². The van der Waals surface area contributed by atoms with E-state index in [1.165, 1.54) is 12.8 Å². The summed E-state index contributed by atoms with van der Waals surface area (Å²) in [6, 6.07) is 1.83. The van der Waals surface area contributed by atoms with Crippen molar-refractivity contribution in [3.8, 4) is 11.3 Å². The van der Waals surface area contributed by atoms with E-state index in [0.717, 1.165) is 17.0 Å². The van der Waals surface area contributed by atoms with Crippen LogP contribution in [0.1, 0.15) is 25.0 Å². The fourth-order valence-electron chi connectivity index (χ4n) is 1.98. The van der Waals surface area contributed by atoms with Crippen LogP contribution in [-0.4, -0.2) is 15.9 Å². The number of carbonyl (C=O) groups excluding carboxylic acids is 1. The molecule has 1 fully saturated rings. The van der Waals surface area contributed by atoms with Crippen LogP contribution >= 0.6 is 0 Å². The summed E-state index contributed by atoms with van der Waals surface area (Å²) in [6.07, 6.45) is 9.47. The van der Waals surface area contributed by atoms with Crippen LogP contribution < -0.4 is 5.32 Å². The van der Waals surface area contributed by atoms with Crippen LogP contribution in [0.2, 0.25) is 0 Å². The molecule has 5 nitrogen and oxygen atoms in total. The zero-order chi connectivity index (χ0) is 13.1. The number of nitrogens with one attached hydrogen (secondary N) is 1. The average Bonchev–Trinajstić information content (AvgIpc) is 3.07. The highest BCUT2D eigenvalue weighted by Gasteiger charge is 2.24. The second-order valence-electron chi connectivity index (χ2n) is 4.79. The van der Waals surface area contributed by atoms with Crippen molar-refractivity contribution < 1.29 is 9.21 Å². The predicted octanol–water partition coefficient (Wildman–Crippen LogP) is 2.15. The molecule has 0 bridgehead atoms. The smallest absolute Gasteiger partial charge is 0.220 e. The zero-order valence-electron chi connectivity index (χ0n) is 10.5. The van der Waals surface area contributed by atoms with Crippen molar-refractivity contribution >= 4 is 5.91 Å². The summed E-state index contributed by atoms with van der Waals surface area (Å²) in [5.41, 5.74) is 2.38. The van der Waals surface area contributed by atoms with Gasteiger partial charge in [0.2, 0.25) is 5.91 Å². The average molecular weight is 257 g/mol. The van der Waals surface area contributed by atoms with E-state index in [4.69, 9.17) is 4.42 Å². The molecule has 2 aromatic heterocycles. The Morgan fingerprint density at radius 1 is 1.37 bits per heavy atom. The molecule has 2 aromatic rings. The molecule has 98 valence electrons. The monoisotopic (exact) mass is 257 g/mol. The third-order valence-corrected chi connectivity index (χ3v) is 3.19. The summed E-state index contributed by atoms with van der Waals surface area (Å²) in [6.45, 7) is 0.403. The lowest BCUT2D eigenvalue weighted by Crippen LogP contribution is -2.24. The molecule has 0 unspecified atom stereocenters. The molecule has 0 spiro atoms. The molecule has 1 aliphatic rings. The second kappa shape index (κ2) is 5.22. The number of nitrogens with zero attached hydrogens (tertiary/aromatic N) is 2. The first-order chi connectivity index (χ1) is 9.33. The van der Waals surface area contributed by atoms with Gasteiger partial charge in [0, 0.05) is 24.4 Å². The van der Waals surface area contributed by atoms with E-state index in [0.29, 0.717) is 18.9 Å². The normalized spacial score (nSPS) is 14.3. The van der Waals surface area contributed by atoms with Crippen LogP contribution in [0.4, 0.5) is 0 Å². The first kappa shape index (κ1) is 11.9. The largest absolute Gasteiger partial charge is 0.472 e. The van der Waals surface area contributed by atoms with Gasteiger partial charge in [0.15, 0.2) is 0 Å². The minimum atomic E-state index is 0.0892. The fraction of sp³-hybridized carbons (Fsp3) is 0.357. The van der Waals surface area contributed by atoms with Crippen molar-refractivity contribution in [3.05, 3.63) is 36.7 Å². The molecule has 19 heavy (non-hydrogen) atoms. The van der Waals surface area contributed by atoms with Crippen molar-refractivity contribution in [1.29, 1.82) is 0 Å². The zero-order valence-corrected chi connectivity index (χ0v) is 10.5. The Morgan fingerprint density at radius 2 is 2.21 bits per heavy atom. The summed E-state index contributed by atoms with van der Waals surface area (Å²) in [5.74, 6) is 0.682. The summed E-state index contributed by atoms with van der Waals surface area (Å²) in [7, 11) is 0. The van der Waals surface area contributed by atoms with Gasteiger partial charge in [0.1, 0.15) is 0 Å². The van der Waals surface area contributed by atoms with Gasteiger partial charge in [-0.2, -0.15) is 0 Å². The minimum Gasteiger partial charge on any atom is -0.472 e. The van der Waals surface area contributed by atoms with Crippen LogP contribution in [0.3, 0.4) is 0 Å². The molecule has 2 heterocycles. The maximum Gasteiger partial charge on any atom is 0.220 e. The number of amides is 1. The second-order valence-corrected chi connectivity index (χ2v) is 4.79. The van der Waals surface area contributed by atoms with Gasteiger partial charge in [-0.1, -0.05) is 0 Å². The quantitative estimate of drug-likeness (QED) is 0.891. The van der Waals surface area contributed by atoms with Gasteiger partial charge < -0.3 is 9.73 Å². The van der Waals surface area contributed by atoms with E-state index in [1.54, 1.807) is 24.9 Å². The molecule has 1 saturated carbocycles. The Balaban J connectivity index is 1.68. The van der Waals surface area contributed by atoms with Crippen molar-refractivity contribution in [3.63, 3.8) is 0 Å². The van der Waals surface area contributed by atoms with Crippen LogP contribution in [0.15, 0.2) is 35.4 Å². The molecule has 3 rings (SSSR count). The summed E-state index contributed by atoms with van der Waals surface area (Å²) in [4.78, 5) is 20.3. The lowest BCUT2D eigenvalue weighted by Gasteiger charge is -2.07. The Kier molecular flexibility index (Phi) is 3.27. The Hall–Kier alpha value is -2.17. The van der Waals surface area contributed by atoms with E-state index in [-0.39, 0.29) is 5.91 Å². The summed E-state index contributed by atoms with van der Waals surface area (Å²) < 4.78 is 5.06. The van der Waals surface area contributed by atoms with Crippen molar-refractivity contribution in [2.45, 2.75) is 25.8 Å². The molecule has 1 N–H and O–H groups in total. The highest BCUT2D eigenvalue weighted by molar-refractivity contribution is 5.76. The van der Waals surface area contributed by atoms with E-state index >= 15 is 0 Å². The number of furan rings is 1. The molecule has 5 heteroatoms. The van der Waals surface area contributed by atoms with Gasteiger partial charge in [0.05, 0.1) is 30.5 Å². The van der Waals surface area contributed by atoms with Gasteiger partial charge in [0.25, 0.3) is 0 Å². The van der Waals surface area contributed by atoms with Gasteiger partial charge in [-0.3, -0.25) is 14.8 Å². The van der Waals surface area contributed by atoms with E-state index in [9.17, 15) is 4.79 Å². The Labute approximate surface area is 111 Å². The van der Waals surface area contributed by atoms with E-state index in [1.807, 2.05) is 6.07 Å². The van der Waals surface area contributed by atoms with Crippen molar-refractivity contribution in [1.82, 2.24) is 15.3 Å². The predicted molar refractivity (Wildman–Crippen MR) is 68.9 cm³/mol. The van der Waals surface area contributed by atoms with Crippen molar-refractivity contribution in [2.75, 3.05) is 0 Å². The first-order valence-electron chi connectivity index (χ1n) is 6.42. The molecule has 0 aliphatic heterocycles. The molecular formula is C14H15N3O2. The molecule has 0 radical (unpaired) electrons. The molecule has 0 atom stereocenters. The Morgan fingerprint density at radius 3 is 2.95 bits per heavy atom. The van der Waals surface area contributed by atoms with Gasteiger partial charge >= 0.3 is 0 Å². The maximum absolute atomic E-state index is 11.7. The molecule has 0 aromatic carbocycles. The van der Waals surface area contributed by atoms with Crippen molar-refractivity contribution in [2.24, 2.45) is 5.92 Å². The SMILES string of the molecule is O=C(CC1CC1)NCc1nccnc1-c1ccoc1. The standard InChI is InChI=1S/C14H15N3O2/c18-13(7-10-1-2-10)17-8-12-14(16-5-4-15-12)11-3-6-19-9-11/h3-6,9-10H,1-2,7-8H2,(H,17,18). The van der Waals surface area contributed by atoms with Gasteiger partial charge in [-0.15, -0.1) is 0 Å². The highest BCUT2D eigenvalue weighted by Crippen LogP contribution is 2.32. The van der Waals surface area contributed by atoms with Crippen LogP contribution in [0.25, 0.3) is 11.3 Å². The number of hydrogen-bond donors (Lipinski definition) is 1. The number of rotatable bonds is 5. The molecule has 1 aliphatic carbocycles. The Bertz CT molecular complexity index is 562. The highest BCUT2D eigenvalue weighted by atomic mass is 16.3. The van der Waals surface area contributed by atoms with Crippen LogP contribution in [0.5, 0.6) is 0 Å². The fourth-order valence-corrected chi connectivity index (χ4v) is 1.98. The van der Waals surface area contributed by atoms with Gasteiger partial charge in [-0.05, 0) is 24.8 Å². The van der Waals surface area contributed by atoms with E-state index in [2.05, 4.69) is 15.3 Å². The van der Waals surface area contributed by atoms with Crippen LogP contribution in [0, 0.1) is 5.92 Å². The molecule has 0 saturated heterocycles. The lowest BCUT2D eigenvalue weighted by atomic mass is 10.2. The first-order valence-corrected chi connectivity index (χ1v) is 6.42. The molecular weight excluding hydrogens is 242 g/mol. The number of hydrogen-bond acceptors (Lipinski definition) is 4. The minimum absolute atomic E-state index is 0.0892. The van der Waals surface area contributed by atoms with Crippen LogP contribution in [-0.2, 0) is 11.3 Å². The lowest BCUT2D eigenvalue weighted by molar-refractivity contribution is -0.121. The topological polar surface area (TPSA) is 68.0 Å². The number of aromatic nitrogens is 2. The number of carbonyl (C=O) groups is 1. The molecule has 1 amide bonds. The van der Waals surface area contributed by atoms with Gasteiger partial charge in [-0.25, -0.2) is 0 Å². The third-order valence-electron chi connectivity index (χ3n) is 3.19.